The number of hydrogen-bond donors (Lipinski definition) is 2. The molecule has 1 heterocycles. The highest BCUT2D eigenvalue weighted by Crippen LogP contribution is 2.37. The minimum absolute atomic E-state index is 0.0667. The highest BCUT2D eigenvalue weighted by molar-refractivity contribution is 7.15. The van der Waals surface area contributed by atoms with E-state index in [1.165, 1.54) is 16.7 Å². The number of carboxylic acids is 1. The molecule has 1 saturated carbocycles. The summed E-state index contributed by atoms with van der Waals surface area (Å²) in [5, 5.41) is 20.5. The van der Waals surface area contributed by atoms with E-state index in [1.807, 2.05) is 20.8 Å². The number of carbonyl (C=O) groups is 3. The van der Waals surface area contributed by atoms with Crippen LogP contribution in [0.15, 0.2) is 6.07 Å². The number of aliphatic hydroxyl groups is 1. The Kier molecular flexibility index (Phi) is 8.72. The quantitative estimate of drug-likeness (QED) is 0.608. The Morgan fingerprint density at radius 3 is 2.18 bits per heavy atom. The van der Waals surface area contributed by atoms with E-state index in [4.69, 9.17) is 0 Å². The topological polar surface area (TPSA) is 98.2 Å². The summed E-state index contributed by atoms with van der Waals surface area (Å²) in [5.41, 5.74) is -0.166. The van der Waals surface area contributed by atoms with Crippen molar-refractivity contribution in [3.05, 3.63) is 15.8 Å². The van der Waals surface area contributed by atoms with E-state index < -0.39 is 24.0 Å². The third kappa shape index (κ3) is 6.81. The van der Waals surface area contributed by atoms with Gasteiger partial charge in [0.05, 0.1) is 16.7 Å². The van der Waals surface area contributed by atoms with Gasteiger partial charge in [-0.3, -0.25) is 14.5 Å². The molecule has 182 valence electrons. The number of nitrogens with zero attached hydrogens (tertiary/aromatic N) is 2. The number of thiophene rings is 1. The van der Waals surface area contributed by atoms with Crippen LogP contribution in [0.4, 0.5) is 5.69 Å². The molecule has 0 aliphatic heterocycles. The van der Waals surface area contributed by atoms with Crippen molar-refractivity contribution in [3.63, 3.8) is 0 Å². The van der Waals surface area contributed by atoms with Crippen LogP contribution >= 0.6 is 11.3 Å². The van der Waals surface area contributed by atoms with Crippen molar-refractivity contribution >= 4 is 34.8 Å². The van der Waals surface area contributed by atoms with Gasteiger partial charge >= 0.3 is 5.97 Å². The Labute approximate surface area is 200 Å². The third-order valence-electron chi connectivity index (χ3n) is 5.76. The van der Waals surface area contributed by atoms with Gasteiger partial charge in [-0.2, -0.15) is 0 Å². The minimum Gasteiger partial charge on any atom is -0.477 e. The second-order valence-electron chi connectivity index (χ2n) is 10.2. The van der Waals surface area contributed by atoms with E-state index in [9.17, 15) is 24.6 Å². The smallest absolute Gasteiger partial charge is 0.348 e. The first-order valence-electron chi connectivity index (χ1n) is 11.4. The van der Waals surface area contributed by atoms with Gasteiger partial charge in [0.1, 0.15) is 10.9 Å². The van der Waals surface area contributed by atoms with Gasteiger partial charge in [0, 0.05) is 25.4 Å². The molecule has 2 rings (SSSR count). The van der Waals surface area contributed by atoms with Crippen molar-refractivity contribution in [2.75, 3.05) is 19.0 Å². The van der Waals surface area contributed by atoms with Crippen molar-refractivity contribution < 1.29 is 24.6 Å². The Bertz CT molecular complexity index is 940. The predicted octanol–water partition coefficient (Wildman–Crippen LogP) is 3.84. The van der Waals surface area contributed by atoms with Gasteiger partial charge in [-0.05, 0) is 65.4 Å². The van der Waals surface area contributed by atoms with E-state index in [-0.39, 0.29) is 27.8 Å². The zero-order valence-electron chi connectivity index (χ0n) is 20.6. The number of aliphatic hydroxyl groups excluding tert-OH is 1. The fraction of sp³-hybridized carbons (Fsp3) is 0.640. The van der Waals surface area contributed by atoms with Gasteiger partial charge in [-0.15, -0.1) is 11.3 Å². The lowest BCUT2D eigenvalue weighted by Gasteiger charge is -2.37. The zero-order chi connectivity index (χ0) is 25.1. The summed E-state index contributed by atoms with van der Waals surface area (Å²) >= 11 is 0.977. The maximum absolute atomic E-state index is 13.8. The van der Waals surface area contributed by atoms with E-state index in [0.717, 1.165) is 24.2 Å². The number of amides is 2. The first-order valence-corrected chi connectivity index (χ1v) is 12.2. The number of carboxylic acid groups (broad SMARTS) is 1. The number of rotatable bonds is 6. The van der Waals surface area contributed by atoms with Gasteiger partial charge in [0.15, 0.2) is 0 Å². The van der Waals surface area contributed by atoms with Crippen LogP contribution in [-0.4, -0.2) is 59.1 Å². The summed E-state index contributed by atoms with van der Waals surface area (Å²) in [4.78, 5) is 42.0. The molecule has 0 unspecified atom stereocenters. The zero-order valence-corrected chi connectivity index (χ0v) is 21.5. The molecule has 0 saturated heterocycles. The van der Waals surface area contributed by atoms with Crippen LogP contribution in [0.2, 0.25) is 0 Å². The van der Waals surface area contributed by atoms with E-state index in [0.29, 0.717) is 23.6 Å². The van der Waals surface area contributed by atoms with Crippen molar-refractivity contribution in [1.29, 1.82) is 0 Å². The first kappa shape index (κ1) is 26.9. The van der Waals surface area contributed by atoms with E-state index in [1.54, 1.807) is 20.2 Å². The van der Waals surface area contributed by atoms with E-state index in [2.05, 4.69) is 18.8 Å². The highest BCUT2D eigenvalue weighted by Gasteiger charge is 2.41. The van der Waals surface area contributed by atoms with Crippen LogP contribution in [0.5, 0.6) is 0 Å². The molecule has 1 aliphatic carbocycles. The lowest BCUT2D eigenvalue weighted by atomic mass is 9.82. The summed E-state index contributed by atoms with van der Waals surface area (Å²) in [6.45, 7) is 9.44. The fourth-order valence-electron chi connectivity index (χ4n) is 3.93. The monoisotopic (exact) mass is 476 g/mol. The lowest BCUT2D eigenvalue weighted by Crippen LogP contribution is -2.56. The number of likely N-dealkylation sites (N-methyl/N-ethyl adjacent to an activating group) is 1. The lowest BCUT2D eigenvalue weighted by molar-refractivity contribution is -0.136. The average Bonchev–Trinajstić information content (AvgIpc) is 3.13. The van der Waals surface area contributed by atoms with Crippen LogP contribution in [-0.2, 0) is 9.59 Å². The predicted molar refractivity (Wildman–Crippen MR) is 130 cm³/mol. The molecule has 1 aliphatic rings. The molecule has 0 bridgehead atoms. The second-order valence-corrected chi connectivity index (χ2v) is 11.3. The standard InChI is InChI=1S/C25H36N2O5S/c1-15-8-10-17(11-9-15)22(29)27(20(16(2)28)23(30)26(6)7)19-14-18(12-13-25(3,4)5)33-21(19)24(31)32/h14-17,20,28H,8-11H2,1-7H3,(H,31,32)/t15-,16-,17-,20+/m1/s1. The summed E-state index contributed by atoms with van der Waals surface area (Å²) in [5.74, 6) is 4.30. The molecule has 0 spiro atoms. The van der Waals surface area contributed by atoms with Crippen molar-refractivity contribution in [2.24, 2.45) is 17.3 Å². The summed E-state index contributed by atoms with van der Waals surface area (Å²) in [7, 11) is 3.10. The Hall–Kier alpha value is -2.37. The number of hydrogen-bond acceptors (Lipinski definition) is 5. The largest absolute Gasteiger partial charge is 0.477 e. The van der Waals surface area contributed by atoms with Crippen LogP contribution < -0.4 is 4.90 Å². The molecule has 1 aromatic heterocycles. The molecular weight excluding hydrogens is 440 g/mol. The Morgan fingerprint density at radius 1 is 1.15 bits per heavy atom. The first-order chi connectivity index (χ1) is 15.2. The van der Waals surface area contributed by atoms with Gasteiger partial charge < -0.3 is 15.1 Å². The van der Waals surface area contributed by atoms with Crippen LogP contribution in [0, 0.1) is 29.1 Å². The highest BCUT2D eigenvalue weighted by atomic mass is 32.1. The third-order valence-corrected chi connectivity index (χ3v) is 6.79. The summed E-state index contributed by atoms with van der Waals surface area (Å²) < 4.78 is 0. The number of carbonyl (C=O) groups excluding carboxylic acids is 2. The SMILES string of the molecule is C[C@@H](O)[C@@H](C(=O)N(C)C)N(c1cc(C#CC(C)(C)C)sc1C(=O)O)C(=O)[C@H]1CC[C@H](C)CC1. The van der Waals surface area contributed by atoms with Crippen LogP contribution in [0.1, 0.15) is 74.9 Å². The molecule has 7 nitrogen and oxygen atoms in total. The normalized spacial score (nSPS) is 20.2. The molecule has 1 aromatic rings. The van der Waals surface area contributed by atoms with E-state index >= 15 is 0 Å². The van der Waals surface area contributed by atoms with Crippen molar-refractivity contribution in [1.82, 2.24) is 4.90 Å². The molecular formula is C25H36N2O5S. The van der Waals surface area contributed by atoms with Crippen LogP contribution in [0.3, 0.4) is 0 Å². The fourth-order valence-corrected chi connectivity index (χ4v) is 4.77. The minimum atomic E-state index is -1.23. The number of anilines is 1. The molecule has 8 heteroatoms. The summed E-state index contributed by atoms with van der Waals surface area (Å²) in [6.07, 6.45) is 1.92. The van der Waals surface area contributed by atoms with Crippen LogP contribution in [0.25, 0.3) is 0 Å². The number of aromatic carboxylic acids is 1. The molecule has 33 heavy (non-hydrogen) atoms. The maximum atomic E-state index is 13.8. The molecule has 2 atom stereocenters. The van der Waals surface area contributed by atoms with Gasteiger partial charge in [-0.1, -0.05) is 18.8 Å². The molecule has 1 fully saturated rings. The van der Waals surface area contributed by atoms with Gasteiger partial charge in [0.2, 0.25) is 11.8 Å². The van der Waals surface area contributed by atoms with Gasteiger partial charge in [-0.25, -0.2) is 4.79 Å². The molecule has 0 radical (unpaired) electrons. The van der Waals surface area contributed by atoms with Crippen molar-refractivity contribution in [3.8, 4) is 11.8 Å². The average molecular weight is 477 g/mol. The second kappa shape index (κ2) is 10.7. The van der Waals surface area contributed by atoms with Gasteiger partial charge in [0.25, 0.3) is 0 Å². The Morgan fingerprint density at radius 2 is 1.73 bits per heavy atom. The molecule has 0 aromatic carbocycles. The summed E-state index contributed by atoms with van der Waals surface area (Å²) in [6, 6.07) is 0.331. The van der Waals surface area contributed by atoms with Crippen molar-refractivity contribution in [2.45, 2.75) is 72.4 Å². The maximum Gasteiger partial charge on any atom is 0.348 e. The molecule has 2 N–H and O–H groups in total. The Balaban J connectivity index is 2.66. The molecule has 2 amide bonds.